The van der Waals surface area contributed by atoms with Crippen LogP contribution in [-0.2, 0) is 19.6 Å². The summed E-state index contributed by atoms with van der Waals surface area (Å²) in [6, 6.07) is -0.238. The Bertz CT molecular complexity index is 816. The van der Waals surface area contributed by atoms with Crippen molar-refractivity contribution in [1.82, 2.24) is 25.1 Å². The maximum Gasteiger partial charge on any atom is 0.407 e. The first-order valence-electron chi connectivity index (χ1n) is 9.67. The number of carbonyl (C=O) groups excluding carboxylic acids is 2. The molecule has 1 aliphatic rings. The van der Waals surface area contributed by atoms with E-state index in [0.29, 0.717) is 37.3 Å². The van der Waals surface area contributed by atoms with Crippen LogP contribution in [0.4, 0.5) is 4.79 Å². The number of rotatable bonds is 6. The smallest absolute Gasteiger partial charge is 0.407 e. The van der Waals surface area contributed by atoms with E-state index < -0.39 is 21.7 Å². The third kappa shape index (κ3) is 6.70. The van der Waals surface area contributed by atoms with Gasteiger partial charge >= 0.3 is 6.09 Å². The minimum Gasteiger partial charge on any atom is -0.444 e. The van der Waals surface area contributed by atoms with Gasteiger partial charge in [0, 0.05) is 32.1 Å². The zero-order valence-corrected chi connectivity index (χ0v) is 18.5. The SMILES string of the molecule is Cc1n[nH]c(C)c1S(=O)(=O)NC1CCN(C(=O)CCNC(=O)OC(C)(C)C)CC1. The van der Waals surface area contributed by atoms with E-state index in [2.05, 4.69) is 20.2 Å². The molecule has 3 N–H and O–H groups in total. The molecule has 1 aliphatic heterocycles. The average Bonchev–Trinajstić information content (AvgIpc) is 2.92. The van der Waals surface area contributed by atoms with Gasteiger partial charge < -0.3 is 15.0 Å². The molecule has 2 heterocycles. The van der Waals surface area contributed by atoms with Gasteiger partial charge in [0.1, 0.15) is 10.5 Å². The van der Waals surface area contributed by atoms with Crippen molar-refractivity contribution in [2.24, 2.45) is 0 Å². The first kappa shape index (κ1) is 23.1. The molecule has 0 bridgehead atoms. The lowest BCUT2D eigenvalue weighted by atomic mass is 10.1. The largest absolute Gasteiger partial charge is 0.444 e. The van der Waals surface area contributed by atoms with Crippen molar-refractivity contribution in [3.63, 3.8) is 0 Å². The monoisotopic (exact) mass is 429 g/mol. The molecule has 0 radical (unpaired) electrons. The summed E-state index contributed by atoms with van der Waals surface area (Å²) in [7, 11) is -3.66. The van der Waals surface area contributed by atoms with Crippen molar-refractivity contribution < 1.29 is 22.7 Å². The van der Waals surface area contributed by atoms with Crippen LogP contribution in [0.5, 0.6) is 0 Å². The van der Waals surface area contributed by atoms with Gasteiger partial charge in [0.2, 0.25) is 15.9 Å². The third-order valence-corrected chi connectivity index (χ3v) is 6.29. The number of aryl methyl sites for hydroxylation is 2. The Morgan fingerprint density at radius 3 is 2.38 bits per heavy atom. The van der Waals surface area contributed by atoms with Crippen LogP contribution >= 0.6 is 0 Å². The molecule has 1 aromatic heterocycles. The summed E-state index contributed by atoms with van der Waals surface area (Å²) in [5.74, 6) is -0.0797. The van der Waals surface area contributed by atoms with E-state index in [1.165, 1.54) is 0 Å². The number of hydrogen-bond acceptors (Lipinski definition) is 6. The molecule has 2 amide bonds. The van der Waals surface area contributed by atoms with Crippen molar-refractivity contribution in [3.05, 3.63) is 11.4 Å². The summed E-state index contributed by atoms with van der Waals surface area (Å²) < 4.78 is 33.1. The van der Waals surface area contributed by atoms with E-state index in [0.717, 1.165) is 0 Å². The number of piperidine rings is 1. The van der Waals surface area contributed by atoms with Crippen LogP contribution < -0.4 is 10.0 Å². The van der Waals surface area contributed by atoms with Crippen molar-refractivity contribution in [1.29, 1.82) is 0 Å². The Kier molecular flexibility index (Phi) is 7.28. The highest BCUT2D eigenvalue weighted by Gasteiger charge is 2.29. The number of nitrogens with zero attached hydrogens (tertiary/aromatic N) is 2. The van der Waals surface area contributed by atoms with Gasteiger partial charge in [-0.3, -0.25) is 9.89 Å². The van der Waals surface area contributed by atoms with Gasteiger partial charge in [0.25, 0.3) is 0 Å². The van der Waals surface area contributed by atoms with E-state index in [4.69, 9.17) is 4.74 Å². The summed E-state index contributed by atoms with van der Waals surface area (Å²) in [5, 5.41) is 9.18. The molecule has 0 saturated carbocycles. The van der Waals surface area contributed by atoms with Crippen LogP contribution in [0, 0.1) is 13.8 Å². The van der Waals surface area contributed by atoms with Crippen molar-refractivity contribution in [3.8, 4) is 0 Å². The summed E-state index contributed by atoms with van der Waals surface area (Å²) >= 11 is 0. The van der Waals surface area contributed by atoms with Crippen LogP contribution in [0.25, 0.3) is 0 Å². The summed E-state index contributed by atoms with van der Waals surface area (Å²) in [5.41, 5.74) is 0.344. The molecular weight excluding hydrogens is 398 g/mol. The summed E-state index contributed by atoms with van der Waals surface area (Å²) in [4.78, 5) is 25.8. The van der Waals surface area contributed by atoms with E-state index in [-0.39, 0.29) is 29.8 Å². The number of ether oxygens (including phenoxy) is 1. The van der Waals surface area contributed by atoms with E-state index >= 15 is 0 Å². The molecule has 0 unspecified atom stereocenters. The van der Waals surface area contributed by atoms with Gasteiger partial charge in [-0.05, 0) is 47.5 Å². The molecule has 10 nitrogen and oxygen atoms in total. The molecule has 11 heteroatoms. The van der Waals surface area contributed by atoms with Gasteiger partial charge in [-0.2, -0.15) is 5.10 Å². The van der Waals surface area contributed by atoms with Gasteiger partial charge in [-0.25, -0.2) is 17.9 Å². The Morgan fingerprint density at radius 2 is 1.86 bits per heavy atom. The highest BCUT2D eigenvalue weighted by atomic mass is 32.2. The molecule has 29 heavy (non-hydrogen) atoms. The maximum atomic E-state index is 12.6. The van der Waals surface area contributed by atoms with Crippen molar-refractivity contribution >= 4 is 22.0 Å². The number of aromatic amines is 1. The molecule has 164 valence electrons. The van der Waals surface area contributed by atoms with Crippen LogP contribution in [-0.4, -0.2) is 66.8 Å². The van der Waals surface area contributed by atoms with Crippen molar-refractivity contribution in [2.75, 3.05) is 19.6 Å². The number of amides is 2. The highest BCUT2D eigenvalue weighted by molar-refractivity contribution is 7.89. The Labute approximate surface area is 171 Å². The second kappa shape index (κ2) is 9.12. The summed E-state index contributed by atoms with van der Waals surface area (Å²) in [6.07, 6.45) is 0.674. The lowest BCUT2D eigenvalue weighted by Crippen LogP contribution is -2.47. The second-order valence-corrected chi connectivity index (χ2v) is 9.87. The van der Waals surface area contributed by atoms with Gasteiger partial charge in [-0.1, -0.05) is 0 Å². The number of aromatic nitrogens is 2. The van der Waals surface area contributed by atoms with E-state index in [1.54, 1.807) is 39.5 Å². The fourth-order valence-electron chi connectivity index (χ4n) is 3.21. The Morgan fingerprint density at radius 1 is 1.24 bits per heavy atom. The van der Waals surface area contributed by atoms with E-state index in [9.17, 15) is 18.0 Å². The van der Waals surface area contributed by atoms with Gasteiger partial charge in [-0.15, -0.1) is 0 Å². The predicted octanol–water partition coefficient (Wildman–Crippen LogP) is 1.21. The number of hydrogen-bond donors (Lipinski definition) is 3. The molecule has 0 spiro atoms. The first-order chi connectivity index (χ1) is 13.4. The molecule has 0 atom stereocenters. The lowest BCUT2D eigenvalue weighted by molar-refractivity contribution is -0.132. The first-order valence-corrected chi connectivity index (χ1v) is 11.2. The highest BCUT2D eigenvalue weighted by Crippen LogP contribution is 2.19. The molecule has 1 saturated heterocycles. The molecule has 0 aromatic carbocycles. The van der Waals surface area contributed by atoms with E-state index in [1.807, 2.05) is 0 Å². The third-order valence-electron chi connectivity index (χ3n) is 4.51. The predicted molar refractivity (Wildman–Crippen MR) is 107 cm³/mol. The minimum atomic E-state index is -3.66. The number of likely N-dealkylation sites (tertiary alicyclic amines) is 1. The van der Waals surface area contributed by atoms with Gasteiger partial charge in [0.15, 0.2) is 0 Å². The zero-order valence-electron chi connectivity index (χ0n) is 17.7. The van der Waals surface area contributed by atoms with Gasteiger partial charge in [0.05, 0.1) is 11.4 Å². The second-order valence-electron chi connectivity index (χ2n) is 8.22. The molecule has 2 rings (SSSR count). The fourth-order valence-corrected chi connectivity index (χ4v) is 4.88. The zero-order chi connectivity index (χ0) is 21.8. The number of nitrogens with one attached hydrogen (secondary N) is 3. The van der Waals surface area contributed by atoms with Crippen molar-refractivity contribution in [2.45, 2.75) is 70.4 Å². The molecule has 1 aromatic rings. The van der Waals surface area contributed by atoms with Crippen LogP contribution in [0.2, 0.25) is 0 Å². The molecule has 1 fully saturated rings. The quantitative estimate of drug-likeness (QED) is 0.622. The fraction of sp³-hybridized carbons (Fsp3) is 0.722. The number of carbonyl (C=O) groups is 2. The Hall–Kier alpha value is -2.14. The van der Waals surface area contributed by atoms with Crippen LogP contribution in [0.15, 0.2) is 4.90 Å². The lowest BCUT2D eigenvalue weighted by Gasteiger charge is -2.32. The number of sulfonamides is 1. The average molecular weight is 430 g/mol. The standard InChI is InChI=1S/C18H31N5O5S/c1-12-16(13(2)21-20-12)29(26,27)22-14-7-10-23(11-8-14)15(24)6-9-19-17(25)28-18(3,4)5/h14,22H,6-11H2,1-5H3,(H,19,25)(H,20,21). The van der Waals surface area contributed by atoms with Crippen LogP contribution in [0.1, 0.15) is 51.4 Å². The number of alkyl carbamates (subject to hydrolysis) is 1. The molecular formula is C18H31N5O5S. The Balaban J connectivity index is 1.77. The summed E-state index contributed by atoms with van der Waals surface area (Å²) in [6.45, 7) is 9.73. The maximum absolute atomic E-state index is 12.6. The van der Waals surface area contributed by atoms with Crippen LogP contribution in [0.3, 0.4) is 0 Å². The normalized spacial score (nSPS) is 16.0. The number of H-pyrrole nitrogens is 1. The molecule has 0 aliphatic carbocycles. The minimum absolute atomic E-state index is 0.0797. The topological polar surface area (TPSA) is 133 Å².